The lowest BCUT2D eigenvalue weighted by molar-refractivity contribution is -0.143. The van der Waals surface area contributed by atoms with Crippen molar-refractivity contribution in [2.24, 2.45) is 0 Å². The Labute approximate surface area is 156 Å². The Balaban J connectivity index is 3.30. The van der Waals surface area contributed by atoms with Gasteiger partial charge in [-0.05, 0) is 38.5 Å². The van der Waals surface area contributed by atoms with Gasteiger partial charge >= 0.3 is 5.97 Å². The van der Waals surface area contributed by atoms with Crippen molar-refractivity contribution in [3.63, 3.8) is 0 Å². The van der Waals surface area contributed by atoms with E-state index in [4.69, 9.17) is 4.74 Å². The van der Waals surface area contributed by atoms with Crippen molar-refractivity contribution in [3.8, 4) is 0 Å². The minimum absolute atomic E-state index is 0.0374. The summed E-state index contributed by atoms with van der Waals surface area (Å²) in [5.41, 5.74) is 0. The van der Waals surface area contributed by atoms with Crippen LogP contribution in [0.15, 0.2) is 12.2 Å². The number of esters is 1. The van der Waals surface area contributed by atoms with Gasteiger partial charge in [-0.15, -0.1) is 0 Å². The van der Waals surface area contributed by atoms with Gasteiger partial charge in [0.05, 0.1) is 12.7 Å². The van der Waals surface area contributed by atoms with E-state index in [1.54, 1.807) is 0 Å². The highest BCUT2D eigenvalue weighted by molar-refractivity contribution is 5.69. The Hall–Kier alpha value is -0.830. The summed E-state index contributed by atoms with van der Waals surface area (Å²) < 4.78 is 5.14. The second-order valence-electron chi connectivity index (χ2n) is 7.09. The summed E-state index contributed by atoms with van der Waals surface area (Å²) in [6.45, 7) is 4.89. The maximum Gasteiger partial charge on any atom is 0.305 e. The van der Waals surface area contributed by atoms with E-state index >= 15 is 0 Å². The topological polar surface area (TPSA) is 46.5 Å². The minimum Gasteiger partial charge on any atom is -0.466 e. The lowest BCUT2D eigenvalue weighted by atomic mass is 10.1. The fourth-order valence-electron chi connectivity index (χ4n) is 2.76. The van der Waals surface area contributed by atoms with Crippen molar-refractivity contribution in [1.82, 2.24) is 0 Å². The molecule has 0 aliphatic carbocycles. The summed E-state index contributed by atoms with van der Waals surface area (Å²) in [5.74, 6) is -0.0374. The predicted octanol–water partition coefficient (Wildman–Crippen LogP) is 6.34. The molecule has 0 amide bonds. The average Bonchev–Trinajstić information content (AvgIpc) is 2.60. The smallest absolute Gasteiger partial charge is 0.305 e. The predicted molar refractivity (Wildman–Crippen MR) is 107 cm³/mol. The summed E-state index contributed by atoms with van der Waals surface area (Å²) in [4.78, 5) is 11.4. The van der Waals surface area contributed by atoms with E-state index in [9.17, 15) is 9.90 Å². The van der Waals surface area contributed by atoms with E-state index in [0.717, 1.165) is 51.4 Å². The van der Waals surface area contributed by atoms with Gasteiger partial charge in [-0.25, -0.2) is 0 Å². The molecule has 0 spiro atoms. The molecule has 0 heterocycles. The monoisotopic (exact) mass is 354 g/mol. The van der Waals surface area contributed by atoms with E-state index < -0.39 is 0 Å². The van der Waals surface area contributed by atoms with Crippen LogP contribution in [0.25, 0.3) is 0 Å². The SMILES string of the molecule is CCCCCCC(O)C/C=C\CCCCCCCC(=O)OCCCC. The molecule has 0 fully saturated rings. The van der Waals surface area contributed by atoms with Crippen molar-refractivity contribution < 1.29 is 14.6 Å². The lowest BCUT2D eigenvalue weighted by Gasteiger charge is -2.07. The van der Waals surface area contributed by atoms with Gasteiger partial charge in [0.15, 0.2) is 0 Å². The fourth-order valence-corrected chi connectivity index (χ4v) is 2.76. The molecule has 3 heteroatoms. The Morgan fingerprint density at radius 3 is 2.32 bits per heavy atom. The number of hydrogen-bond acceptors (Lipinski definition) is 3. The molecular weight excluding hydrogens is 312 g/mol. The molecule has 148 valence electrons. The maximum atomic E-state index is 11.4. The molecule has 0 bridgehead atoms. The first kappa shape index (κ1) is 24.2. The number of allylic oxidation sites excluding steroid dienone is 1. The zero-order chi connectivity index (χ0) is 18.6. The van der Waals surface area contributed by atoms with Crippen LogP contribution in [0.4, 0.5) is 0 Å². The molecule has 0 rings (SSSR count). The third-order valence-electron chi connectivity index (χ3n) is 4.48. The Morgan fingerprint density at radius 1 is 0.880 bits per heavy atom. The van der Waals surface area contributed by atoms with E-state index in [1.807, 2.05) is 0 Å². The standard InChI is InChI=1S/C22H42O3/c1-3-5-7-14-17-21(23)18-15-12-10-8-9-11-13-16-19-22(24)25-20-6-4-2/h12,15,21,23H,3-11,13-14,16-20H2,1-2H3/b15-12-. The quantitative estimate of drug-likeness (QED) is 0.177. The first-order valence-corrected chi connectivity index (χ1v) is 10.7. The average molecular weight is 355 g/mol. The highest BCUT2D eigenvalue weighted by Gasteiger charge is 2.02. The van der Waals surface area contributed by atoms with E-state index in [-0.39, 0.29) is 12.1 Å². The maximum absolute atomic E-state index is 11.4. The Bertz CT molecular complexity index is 312. The van der Waals surface area contributed by atoms with Crippen molar-refractivity contribution in [3.05, 3.63) is 12.2 Å². The zero-order valence-corrected chi connectivity index (χ0v) is 16.8. The molecule has 1 atom stereocenters. The van der Waals surface area contributed by atoms with E-state index in [2.05, 4.69) is 26.0 Å². The highest BCUT2D eigenvalue weighted by Crippen LogP contribution is 2.10. The molecule has 0 saturated heterocycles. The fraction of sp³-hybridized carbons (Fsp3) is 0.864. The van der Waals surface area contributed by atoms with Crippen LogP contribution in [0.2, 0.25) is 0 Å². The van der Waals surface area contributed by atoms with Crippen LogP contribution >= 0.6 is 0 Å². The van der Waals surface area contributed by atoms with Gasteiger partial charge < -0.3 is 9.84 Å². The van der Waals surface area contributed by atoms with Gasteiger partial charge in [0.25, 0.3) is 0 Å². The van der Waals surface area contributed by atoms with Crippen molar-refractivity contribution in [2.45, 2.75) is 116 Å². The zero-order valence-electron chi connectivity index (χ0n) is 16.8. The van der Waals surface area contributed by atoms with Crippen LogP contribution < -0.4 is 0 Å². The van der Waals surface area contributed by atoms with Crippen LogP contribution in [0.5, 0.6) is 0 Å². The number of unbranched alkanes of at least 4 members (excludes halogenated alkanes) is 9. The van der Waals surface area contributed by atoms with Crippen molar-refractivity contribution >= 4 is 5.97 Å². The number of carbonyl (C=O) groups is 1. The summed E-state index contributed by atoms with van der Waals surface area (Å²) in [6, 6.07) is 0. The van der Waals surface area contributed by atoms with Crippen molar-refractivity contribution in [1.29, 1.82) is 0 Å². The number of rotatable bonds is 18. The largest absolute Gasteiger partial charge is 0.466 e. The number of aliphatic hydroxyl groups is 1. The van der Waals surface area contributed by atoms with Crippen LogP contribution in [0.3, 0.4) is 0 Å². The molecule has 0 aromatic rings. The molecule has 0 radical (unpaired) electrons. The molecule has 0 aromatic heterocycles. The minimum atomic E-state index is -0.162. The van der Waals surface area contributed by atoms with E-state index in [0.29, 0.717) is 13.0 Å². The van der Waals surface area contributed by atoms with Crippen LogP contribution in [-0.4, -0.2) is 23.8 Å². The second-order valence-corrected chi connectivity index (χ2v) is 7.09. The molecular formula is C22H42O3. The normalized spacial score (nSPS) is 12.6. The molecule has 0 aliphatic heterocycles. The van der Waals surface area contributed by atoms with Gasteiger partial charge in [0.1, 0.15) is 0 Å². The van der Waals surface area contributed by atoms with Crippen LogP contribution in [-0.2, 0) is 9.53 Å². The highest BCUT2D eigenvalue weighted by atomic mass is 16.5. The number of carbonyl (C=O) groups excluding carboxylic acids is 1. The Morgan fingerprint density at radius 2 is 1.56 bits per heavy atom. The van der Waals surface area contributed by atoms with Gasteiger partial charge in [-0.1, -0.05) is 77.4 Å². The number of ether oxygens (including phenoxy) is 1. The lowest BCUT2D eigenvalue weighted by Crippen LogP contribution is -2.05. The van der Waals surface area contributed by atoms with Crippen LogP contribution in [0, 0.1) is 0 Å². The summed E-state index contributed by atoms with van der Waals surface area (Å²) in [5, 5.41) is 9.87. The molecule has 25 heavy (non-hydrogen) atoms. The molecule has 0 saturated carbocycles. The molecule has 0 aromatic carbocycles. The van der Waals surface area contributed by atoms with Gasteiger partial charge in [-0.2, -0.15) is 0 Å². The number of aliphatic hydroxyl groups excluding tert-OH is 1. The van der Waals surface area contributed by atoms with Crippen LogP contribution in [0.1, 0.15) is 110 Å². The molecule has 0 aliphatic rings. The molecule has 3 nitrogen and oxygen atoms in total. The Kier molecular flexibility index (Phi) is 18.8. The van der Waals surface area contributed by atoms with Gasteiger partial charge in [0, 0.05) is 6.42 Å². The summed E-state index contributed by atoms with van der Waals surface area (Å²) in [6.07, 6.45) is 20.2. The summed E-state index contributed by atoms with van der Waals surface area (Å²) >= 11 is 0. The van der Waals surface area contributed by atoms with Gasteiger partial charge in [0.2, 0.25) is 0 Å². The summed E-state index contributed by atoms with van der Waals surface area (Å²) in [7, 11) is 0. The number of hydrogen-bond donors (Lipinski definition) is 1. The second kappa shape index (κ2) is 19.5. The van der Waals surface area contributed by atoms with Crippen molar-refractivity contribution in [2.75, 3.05) is 6.61 Å². The third-order valence-corrected chi connectivity index (χ3v) is 4.48. The first-order chi connectivity index (χ1) is 12.2. The molecule has 1 N–H and O–H groups in total. The first-order valence-electron chi connectivity index (χ1n) is 10.7. The molecule has 1 unspecified atom stereocenters. The van der Waals surface area contributed by atoms with E-state index in [1.165, 1.54) is 38.5 Å². The third kappa shape index (κ3) is 19.3. The van der Waals surface area contributed by atoms with Gasteiger partial charge in [-0.3, -0.25) is 4.79 Å².